The number of carbonyl (C=O) groups is 1. The molecule has 7 atom stereocenters. The van der Waals surface area contributed by atoms with Crippen molar-refractivity contribution in [3.05, 3.63) is 23.8 Å². The molecule has 4 aliphatic carbocycles. The van der Waals surface area contributed by atoms with Crippen LogP contribution in [0.1, 0.15) is 39.0 Å². The molecule has 0 heterocycles. The second-order valence-corrected chi connectivity index (χ2v) is 8.39. The third kappa shape index (κ3) is 2.27. The second kappa shape index (κ2) is 5.56. The Balaban J connectivity index is 1.68. The van der Waals surface area contributed by atoms with E-state index in [0.717, 1.165) is 25.7 Å². The van der Waals surface area contributed by atoms with Crippen LogP contribution in [0.5, 0.6) is 0 Å². The van der Waals surface area contributed by atoms with Gasteiger partial charge in [0.25, 0.3) is 0 Å². The minimum Gasteiger partial charge on any atom is -0.393 e. The van der Waals surface area contributed by atoms with E-state index in [4.69, 9.17) is 4.74 Å². The summed E-state index contributed by atoms with van der Waals surface area (Å²) in [5.41, 5.74) is 1.41. The monoisotopic (exact) mass is 316 g/mol. The first-order valence-corrected chi connectivity index (χ1v) is 9.15. The largest absolute Gasteiger partial charge is 0.393 e. The number of ketones is 1. The van der Waals surface area contributed by atoms with Gasteiger partial charge >= 0.3 is 0 Å². The Kier molecular flexibility index (Phi) is 3.77. The van der Waals surface area contributed by atoms with Crippen molar-refractivity contribution < 1.29 is 14.6 Å². The van der Waals surface area contributed by atoms with E-state index < -0.39 is 0 Å². The third-order valence-corrected chi connectivity index (χ3v) is 7.46. The van der Waals surface area contributed by atoms with E-state index in [1.165, 1.54) is 12.0 Å². The van der Waals surface area contributed by atoms with Crippen LogP contribution in [0.3, 0.4) is 0 Å². The molecule has 3 fully saturated rings. The van der Waals surface area contributed by atoms with E-state index in [1.54, 1.807) is 13.2 Å². The van der Waals surface area contributed by atoms with Gasteiger partial charge in [-0.15, -0.1) is 0 Å². The van der Waals surface area contributed by atoms with Crippen molar-refractivity contribution in [1.82, 2.24) is 0 Å². The summed E-state index contributed by atoms with van der Waals surface area (Å²) in [6, 6.07) is 0. The summed E-state index contributed by atoms with van der Waals surface area (Å²) in [5, 5.41) is 10.5. The van der Waals surface area contributed by atoms with Crippen molar-refractivity contribution in [3.8, 4) is 0 Å². The number of rotatable bonds is 2. The maximum Gasteiger partial charge on any atom is 0.178 e. The molecule has 0 amide bonds. The lowest BCUT2D eigenvalue weighted by Gasteiger charge is -2.54. The second-order valence-electron chi connectivity index (χ2n) is 8.39. The van der Waals surface area contributed by atoms with E-state index in [2.05, 4.69) is 13.0 Å². The van der Waals surface area contributed by atoms with Crippen molar-refractivity contribution >= 4 is 5.78 Å². The Bertz CT molecular complexity index is 563. The van der Waals surface area contributed by atoms with Gasteiger partial charge in [-0.05, 0) is 67.4 Å². The van der Waals surface area contributed by atoms with Gasteiger partial charge in [0.2, 0.25) is 0 Å². The fourth-order valence-corrected chi connectivity index (χ4v) is 6.30. The first kappa shape index (κ1) is 15.6. The number of ether oxygens (including phenoxy) is 1. The molecule has 4 rings (SSSR count). The first-order chi connectivity index (χ1) is 11.0. The Morgan fingerprint density at radius 2 is 2.13 bits per heavy atom. The SMILES string of the molecule is COC[C@H]1CC2[C@H](CCC3(C)C(O)CC[C@@H]23)C2C=CC(=O)C=C21. The molecule has 0 aliphatic heterocycles. The zero-order chi connectivity index (χ0) is 16.2. The Morgan fingerprint density at radius 1 is 1.30 bits per heavy atom. The van der Waals surface area contributed by atoms with Gasteiger partial charge in [0.1, 0.15) is 0 Å². The van der Waals surface area contributed by atoms with E-state index in [-0.39, 0.29) is 17.3 Å². The number of methoxy groups -OCH3 is 1. The Hall–Kier alpha value is -0.930. The summed E-state index contributed by atoms with van der Waals surface area (Å²) in [5.74, 6) is 2.83. The summed E-state index contributed by atoms with van der Waals surface area (Å²) in [7, 11) is 1.76. The highest BCUT2D eigenvalue weighted by Crippen LogP contribution is 2.62. The van der Waals surface area contributed by atoms with Gasteiger partial charge in [0.15, 0.2) is 5.78 Å². The zero-order valence-electron chi connectivity index (χ0n) is 14.2. The van der Waals surface area contributed by atoms with Gasteiger partial charge in [0.05, 0.1) is 12.7 Å². The minimum atomic E-state index is -0.130. The predicted molar refractivity (Wildman–Crippen MR) is 88.8 cm³/mol. The van der Waals surface area contributed by atoms with E-state index in [0.29, 0.717) is 36.2 Å². The highest BCUT2D eigenvalue weighted by Gasteiger charge is 2.56. The highest BCUT2D eigenvalue weighted by molar-refractivity contribution is 6.01. The normalized spacial score (nSPS) is 48.5. The van der Waals surface area contributed by atoms with Crippen LogP contribution in [0.25, 0.3) is 0 Å². The van der Waals surface area contributed by atoms with Crippen LogP contribution in [-0.2, 0) is 9.53 Å². The number of aliphatic hydroxyl groups is 1. The van der Waals surface area contributed by atoms with Crippen molar-refractivity contribution in [3.63, 3.8) is 0 Å². The number of carbonyl (C=O) groups excluding carboxylic acids is 1. The molecule has 3 heteroatoms. The van der Waals surface area contributed by atoms with Crippen molar-refractivity contribution in [1.29, 1.82) is 0 Å². The fraction of sp³-hybridized carbons (Fsp3) is 0.750. The summed E-state index contributed by atoms with van der Waals surface area (Å²) < 4.78 is 5.48. The van der Waals surface area contributed by atoms with Gasteiger partial charge in [-0.2, -0.15) is 0 Å². The standard InChI is InChI=1S/C20H28O3/c1-20-8-7-15-14-4-3-13(21)10-16(14)12(11-23-2)9-17(15)18(20)5-6-19(20)22/h3-4,10,12,14-15,17-19,22H,5-9,11H2,1-2H3/t12-,14?,15-,17?,18+,19?,20?/m1/s1. The van der Waals surface area contributed by atoms with Crippen LogP contribution in [0.2, 0.25) is 0 Å². The highest BCUT2D eigenvalue weighted by atomic mass is 16.5. The molecule has 0 bridgehead atoms. The fourth-order valence-electron chi connectivity index (χ4n) is 6.30. The Morgan fingerprint density at radius 3 is 2.91 bits per heavy atom. The van der Waals surface area contributed by atoms with Crippen molar-refractivity contribution in [2.24, 2.45) is 35.0 Å². The molecule has 4 aliphatic rings. The van der Waals surface area contributed by atoms with Crippen molar-refractivity contribution in [2.45, 2.75) is 45.1 Å². The summed E-state index contributed by atoms with van der Waals surface area (Å²) in [6.07, 6.45) is 11.2. The molecule has 3 saturated carbocycles. The van der Waals surface area contributed by atoms with Crippen LogP contribution < -0.4 is 0 Å². The summed E-state index contributed by atoms with van der Waals surface area (Å²) in [4.78, 5) is 11.9. The van der Waals surface area contributed by atoms with Crippen LogP contribution in [0.4, 0.5) is 0 Å². The van der Waals surface area contributed by atoms with E-state index >= 15 is 0 Å². The summed E-state index contributed by atoms with van der Waals surface area (Å²) >= 11 is 0. The van der Waals surface area contributed by atoms with Gasteiger partial charge < -0.3 is 9.84 Å². The van der Waals surface area contributed by atoms with Gasteiger partial charge in [-0.1, -0.05) is 18.6 Å². The van der Waals surface area contributed by atoms with Gasteiger partial charge in [0, 0.05) is 18.9 Å². The molecule has 0 aromatic carbocycles. The zero-order valence-corrected chi connectivity index (χ0v) is 14.2. The molecule has 0 radical (unpaired) electrons. The quantitative estimate of drug-likeness (QED) is 0.851. The lowest BCUT2D eigenvalue weighted by molar-refractivity contribution is -0.111. The van der Waals surface area contributed by atoms with E-state index in [1.807, 2.05) is 6.08 Å². The summed E-state index contributed by atoms with van der Waals surface area (Å²) in [6.45, 7) is 3.02. The van der Waals surface area contributed by atoms with Crippen LogP contribution in [0.15, 0.2) is 23.8 Å². The number of hydrogen-bond acceptors (Lipinski definition) is 3. The molecule has 126 valence electrons. The lowest BCUT2D eigenvalue weighted by Crippen LogP contribution is -2.49. The van der Waals surface area contributed by atoms with Gasteiger partial charge in [-0.25, -0.2) is 0 Å². The molecule has 0 spiro atoms. The maximum atomic E-state index is 11.9. The van der Waals surface area contributed by atoms with Crippen LogP contribution in [-0.4, -0.2) is 30.7 Å². The molecular weight excluding hydrogens is 288 g/mol. The molecule has 3 nitrogen and oxygen atoms in total. The first-order valence-electron chi connectivity index (χ1n) is 9.15. The van der Waals surface area contributed by atoms with Gasteiger partial charge in [-0.3, -0.25) is 4.79 Å². The Labute approximate surface area is 138 Å². The number of aliphatic hydroxyl groups excluding tert-OH is 1. The minimum absolute atomic E-state index is 0.105. The molecular formula is C20H28O3. The lowest BCUT2D eigenvalue weighted by atomic mass is 9.51. The number of allylic oxidation sites excluding steroid dienone is 3. The molecule has 0 saturated heterocycles. The van der Waals surface area contributed by atoms with Crippen LogP contribution in [0, 0.1) is 35.0 Å². The smallest absolute Gasteiger partial charge is 0.178 e. The van der Waals surface area contributed by atoms with Crippen LogP contribution >= 0.6 is 0 Å². The topological polar surface area (TPSA) is 46.5 Å². The third-order valence-electron chi connectivity index (χ3n) is 7.46. The molecule has 1 N–H and O–H groups in total. The average molecular weight is 316 g/mol. The maximum absolute atomic E-state index is 11.9. The van der Waals surface area contributed by atoms with Crippen molar-refractivity contribution in [2.75, 3.05) is 13.7 Å². The number of hydrogen-bond donors (Lipinski definition) is 1. The van der Waals surface area contributed by atoms with E-state index in [9.17, 15) is 9.90 Å². The molecule has 0 aromatic rings. The molecule has 23 heavy (non-hydrogen) atoms. The average Bonchev–Trinajstić information content (AvgIpc) is 2.83. The molecule has 0 aromatic heterocycles. The molecule has 4 unspecified atom stereocenters. The predicted octanol–water partition coefficient (Wildman–Crippen LogP) is 3.14. The number of fused-ring (bicyclic) bond motifs is 5.